The number of aryl methyl sites for hydroxylation is 2. The minimum Gasteiger partial charge on any atom is -0.467 e. The van der Waals surface area contributed by atoms with E-state index in [1.807, 2.05) is 26.0 Å². The number of nitrogens with zero attached hydrogens (tertiary/aromatic N) is 4. The number of carbonyl (C=O) groups excluding carboxylic acids is 1. The first kappa shape index (κ1) is 16.5. The monoisotopic (exact) mass is 351 g/mol. The van der Waals surface area contributed by atoms with Gasteiger partial charge in [0.05, 0.1) is 18.2 Å². The van der Waals surface area contributed by atoms with E-state index in [0.29, 0.717) is 18.0 Å². The third-order valence-corrected chi connectivity index (χ3v) is 4.58. The molecule has 0 aliphatic carbocycles. The summed E-state index contributed by atoms with van der Waals surface area (Å²) in [5.74, 6) is 1.30. The Kier molecular flexibility index (Phi) is 4.28. The van der Waals surface area contributed by atoms with Gasteiger partial charge in [-0.05, 0) is 50.5 Å². The van der Waals surface area contributed by atoms with E-state index in [1.165, 1.54) is 0 Å². The lowest BCUT2D eigenvalue weighted by Crippen LogP contribution is -2.27. The van der Waals surface area contributed by atoms with E-state index in [9.17, 15) is 4.79 Å². The van der Waals surface area contributed by atoms with Crippen molar-refractivity contribution in [2.75, 3.05) is 18.0 Å². The lowest BCUT2D eigenvalue weighted by Gasteiger charge is -2.20. The van der Waals surface area contributed by atoms with Gasteiger partial charge in [0, 0.05) is 18.8 Å². The standard InChI is InChI=1S/C19H21N5O2/c1-12-10-13(2)21-16-15(12)18(24-7-3-4-8-24)23-17(22-16)19(25)20-11-14-6-5-9-26-14/h5-6,9-10H,3-4,7-8,11H2,1-2H3,(H,20,25). The third-order valence-electron chi connectivity index (χ3n) is 4.58. The Balaban J connectivity index is 1.73. The van der Waals surface area contributed by atoms with Crippen molar-refractivity contribution in [1.29, 1.82) is 0 Å². The Morgan fingerprint density at radius 1 is 1.23 bits per heavy atom. The molecule has 1 aliphatic heterocycles. The fourth-order valence-corrected chi connectivity index (χ4v) is 3.37. The lowest BCUT2D eigenvalue weighted by molar-refractivity contribution is 0.0938. The van der Waals surface area contributed by atoms with Gasteiger partial charge in [-0.2, -0.15) is 0 Å². The largest absolute Gasteiger partial charge is 0.467 e. The molecule has 134 valence electrons. The fraction of sp³-hybridized carbons (Fsp3) is 0.368. The second-order valence-corrected chi connectivity index (χ2v) is 6.61. The smallest absolute Gasteiger partial charge is 0.289 e. The van der Waals surface area contributed by atoms with Crippen LogP contribution in [-0.4, -0.2) is 33.9 Å². The number of anilines is 1. The molecule has 1 fully saturated rings. The van der Waals surface area contributed by atoms with Crippen LogP contribution in [0.3, 0.4) is 0 Å². The zero-order valence-electron chi connectivity index (χ0n) is 15.0. The van der Waals surface area contributed by atoms with Gasteiger partial charge in [0.1, 0.15) is 11.6 Å². The molecule has 0 atom stereocenters. The van der Waals surface area contributed by atoms with Crippen LogP contribution >= 0.6 is 0 Å². The van der Waals surface area contributed by atoms with E-state index in [-0.39, 0.29) is 11.7 Å². The molecule has 7 heteroatoms. The molecule has 3 aromatic rings. The summed E-state index contributed by atoms with van der Waals surface area (Å²) in [4.78, 5) is 28.4. The number of aromatic nitrogens is 3. The Morgan fingerprint density at radius 2 is 2.04 bits per heavy atom. The van der Waals surface area contributed by atoms with E-state index in [0.717, 1.165) is 48.4 Å². The predicted molar refractivity (Wildman–Crippen MR) is 98.1 cm³/mol. The van der Waals surface area contributed by atoms with Crippen molar-refractivity contribution in [2.45, 2.75) is 33.2 Å². The summed E-state index contributed by atoms with van der Waals surface area (Å²) >= 11 is 0. The van der Waals surface area contributed by atoms with E-state index in [1.54, 1.807) is 12.3 Å². The van der Waals surface area contributed by atoms with Gasteiger partial charge in [-0.1, -0.05) is 0 Å². The molecule has 7 nitrogen and oxygen atoms in total. The minimum absolute atomic E-state index is 0.142. The molecule has 0 bridgehead atoms. The number of pyridine rings is 1. The fourth-order valence-electron chi connectivity index (χ4n) is 3.37. The van der Waals surface area contributed by atoms with Crippen LogP contribution in [0.2, 0.25) is 0 Å². The molecule has 0 radical (unpaired) electrons. The number of carbonyl (C=O) groups is 1. The average molecular weight is 351 g/mol. The summed E-state index contributed by atoms with van der Waals surface area (Å²) in [6.45, 7) is 6.14. The SMILES string of the molecule is Cc1cc(C)c2c(N3CCCC3)nc(C(=O)NCc3ccco3)nc2n1. The zero-order chi connectivity index (χ0) is 18.1. The average Bonchev–Trinajstić information content (AvgIpc) is 3.31. The van der Waals surface area contributed by atoms with Gasteiger partial charge in [-0.25, -0.2) is 15.0 Å². The lowest BCUT2D eigenvalue weighted by atomic mass is 10.1. The quantitative estimate of drug-likeness (QED) is 0.778. The normalized spacial score (nSPS) is 14.2. The van der Waals surface area contributed by atoms with Crippen LogP contribution in [0.25, 0.3) is 11.0 Å². The Labute approximate surface area is 151 Å². The number of furan rings is 1. The summed E-state index contributed by atoms with van der Waals surface area (Å²) < 4.78 is 5.25. The minimum atomic E-state index is -0.329. The number of rotatable bonds is 4. The molecule has 0 aromatic carbocycles. The molecular weight excluding hydrogens is 330 g/mol. The van der Waals surface area contributed by atoms with Gasteiger partial charge < -0.3 is 14.6 Å². The summed E-state index contributed by atoms with van der Waals surface area (Å²) in [5.41, 5.74) is 2.53. The number of hydrogen-bond donors (Lipinski definition) is 1. The molecule has 1 aliphatic rings. The Hall–Kier alpha value is -2.96. The number of hydrogen-bond acceptors (Lipinski definition) is 6. The molecule has 4 heterocycles. The van der Waals surface area contributed by atoms with Crippen molar-refractivity contribution in [3.63, 3.8) is 0 Å². The Bertz CT molecular complexity index is 946. The van der Waals surface area contributed by atoms with Crippen molar-refractivity contribution in [2.24, 2.45) is 0 Å². The molecule has 0 unspecified atom stereocenters. The molecule has 4 rings (SSSR count). The van der Waals surface area contributed by atoms with Crippen LogP contribution in [0.1, 0.15) is 40.5 Å². The number of nitrogens with one attached hydrogen (secondary N) is 1. The van der Waals surface area contributed by atoms with Gasteiger partial charge in [-0.3, -0.25) is 4.79 Å². The molecule has 3 aromatic heterocycles. The van der Waals surface area contributed by atoms with Gasteiger partial charge in [-0.15, -0.1) is 0 Å². The third kappa shape index (κ3) is 3.12. The summed E-state index contributed by atoms with van der Waals surface area (Å²) in [5, 5.41) is 3.74. The van der Waals surface area contributed by atoms with Gasteiger partial charge in [0.25, 0.3) is 5.91 Å². The van der Waals surface area contributed by atoms with E-state index in [2.05, 4.69) is 25.2 Å². The maximum absolute atomic E-state index is 12.6. The first-order valence-corrected chi connectivity index (χ1v) is 8.83. The zero-order valence-corrected chi connectivity index (χ0v) is 15.0. The molecule has 26 heavy (non-hydrogen) atoms. The molecule has 1 saturated heterocycles. The van der Waals surface area contributed by atoms with Crippen LogP contribution in [0.15, 0.2) is 28.9 Å². The topological polar surface area (TPSA) is 84.2 Å². The highest BCUT2D eigenvalue weighted by Gasteiger charge is 2.22. The highest BCUT2D eigenvalue weighted by atomic mass is 16.3. The van der Waals surface area contributed by atoms with E-state index in [4.69, 9.17) is 4.42 Å². The van der Waals surface area contributed by atoms with Crippen molar-refractivity contribution < 1.29 is 9.21 Å². The first-order valence-electron chi connectivity index (χ1n) is 8.83. The molecule has 0 spiro atoms. The van der Waals surface area contributed by atoms with Crippen LogP contribution in [0.5, 0.6) is 0 Å². The maximum atomic E-state index is 12.6. The van der Waals surface area contributed by atoms with Crippen molar-refractivity contribution in [3.8, 4) is 0 Å². The van der Waals surface area contributed by atoms with Gasteiger partial charge in [0.2, 0.25) is 5.82 Å². The highest BCUT2D eigenvalue weighted by Crippen LogP contribution is 2.29. The van der Waals surface area contributed by atoms with Crippen LogP contribution in [-0.2, 0) is 6.54 Å². The van der Waals surface area contributed by atoms with Crippen molar-refractivity contribution in [1.82, 2.24) is 20.3 Å². The van der Waals surface area contributed by atoms with Crippen LogP contribution < -0.4 is 10.2 Å². The Morgan fingerprint density at radius 3 is 2.77 bits per heavy atom. The molecule has 1 N–H and O–H groups in total. The van der Waals surface area contributed by atoms with Gasteiger partial charge in [0.15, 0.2) is 5.65 Å². The summed E-state index contributed by atoms with van der Waals surface area (Å²) in [6.07, 6.45) is 3.84. The highest BCUT2D eigenvalue weighted by molar-refractivity contribution is 5.96. The van der Waals surface area contributed by atoms with Gasteiger partial charge >= 0.3 is 0 Å². The van der Waals surface area contributed by atoms with Crippen molar-refractivity contribution >= 4 is 22.8 Å². The van der Waals surface area contributed by atoms with Crippen LogP contribution in [0, 0.1) is 13.8 Å². The van der Waals surface area contributed by atoms with E-state index < -0.39 is 0 Å². The second kappa shape index (κ2) is 6.74. The summed E-state index contributed by atoms with van der Waals surface area (Å²) in [7, 11) is 0. The number of fused-ring (bicyclic) bond motifs is 1. The van der Waals surface area contributed by atoms with E-state index >= 15 is 0 Å². The summed E-state index contributed by atoms with van der Waals surface area (Å²) in [6, 6.07) is 5.63. The predicted octanol–water partition coefficient (Wildman–Crippen LogP) is 2.76. The molecule has 1 amide bonds. The molecular formula is C19H21N5O2. The second-order valence-electron chi connectivity index (χ2n) is 6.61. The first-order chi connectivity index (χ1) is 12.6. The maximum Gasteiger partial charge on any atom is 0.289 e. The van der Waals surface area contributed by atoms with Crippen molar-refractivity contribution in [3.05, 3.63) is 47.3 Å². The number of amides is 1. The molecule has 0 saturated carbocycles. The van der Waals surface area contributed by atoms with Crippen LogP contribution in [0.4, 0.5) is 5.82 Å².